The monoisotopic (exact) mass is 230 g/mol. The topological polar surface area (TPSA) is 74.6 Å². The predicted octanol–water partition coefficient (Wildman–Crippen LogP) is 2.62. The number of carbonyl (C=O) groups is 2. The van der Waals surface area contributed by atoms with Gasteiger partial charge in [0.15, 0.2) is 0 Å². The van der Waals surface area contributed by atoms with E-state index >= 15 is 0 Å². The molecule has 2 unspecified atom stereocenters. The second-order valence-electron chi connectivity index (χ2n) is 4.74. The Morgan fingerprint density at radius 1 is 0.812 bits per heavy atom. The maximum absolute atomic E-state index is 10.6. The van der Waals surface area contributed by atoms with Gasteiger partial charge in [0.1, 0.15) is 0 Å². The standard InChI is InChI=1S/C12H22O4/c1-8(4-6-9(2)11(13)14)5-7-10(3)12(15)16/h8-10H,4-7H2,1-3H3,(H,13,14)(H,15,16). The molecule has 0 aliphatic carbocycles. The van der Waals surface area contributed by atoms with Crippen molar-refractivity contribution in [1.82, 2.24) is 0 Å². The van der Waals surface area contributed by atoms with Crippen molar-refractivity contribution in [1.29, 1.82) is 0 Å². The lowest BCUT2D eigenvalue weighted by Gasteiger charge is -2.14. The summed E-state index contributed by atoms with van der Waals surface area (Å²) in [5, 5.41) is 17.4. The zero-order valence-electron chi connectivity index (χ0n) is 10.3. The first-order valence-corrected chi connectivity index (χ1v) is 5.80. The second kappa shape index (κ2) is 7.25. The van der Waals surface area contributed by atoms with Crippen LogP contribution in [0.3, 0.4) is 0 Å². The van der Waals surface area contributed by atoms with E-state index in [9.17, 15) is 9.59 Å². The smallest absolute Gasteiger partial charge is 0.306 e. The van der Waals surface area contributed by atoms with Gasteiger partial charge >= 0.3 is 11.9 Å². The van der Waals surface area contributed by atoms with Crippen molar-refractivity contribution >= 4 is 11.9 Å². The highest BCUT2D eigenvalue weighted by molar-refractivity contribution is 5.69. The van der Waals surface area contributed by atoms with Gasteiger partial charge in [0.25, 0.3) is 0 Å². The summed E-state index contributed by atoms with van der Waals surface area (Å²) in [5.41, 5.74) is 0. The SMILES string of the molecule is CC(CCC(C)C(=O)O)CCC(C)C(=O)O. The molecule has 0 fully saturated rings. The number of rotatable bonds is 8. The van der Waals surface area contributed by atoms with Crippen molar-refractivity contribution in [3.63, 3.8) is 0 Å². The van der Waals surface area contributed by atoms with E-state index in [1.54, 1.807) is 13.8 Å². The van der Waals surface area contributed by atoms with E-state index in [4.69, 9.17) is 10.2 Å². The molecule has 2 atom stereocenters. The number of hydrogen-bond donors (Lipinski definition) is 2. The van der Waals surface area contributed by atoms with Crippen LogP contribution in [0.25, 0.3) is 0 Å². The third-order valence-corrected chi connectivity index (χ3v) is 3.03. The van der Waals surface area contributed by atoms with Gasteiger partial charge in [-0.3, -0.25) is 9.59 Å². The molecule has 0 radical (unpaired) electrons. The first-order valence-electron chi connectivity index (χ1n) is 5.80. The zero-order chi connectivity index (χ0) is 12.7. The van der Waals surface area contributed by atoms with Crippen molar-refractivity contribution < 1.29 is 19.8 Å². The van der Waals surface area contributed by atoms with Crippen LogP contribution < -0.4 is 0 Å². The molecule has 0 spiro atoms. The lowest BCUT2D eigenvalue weighted by Crippen LogP contribution is -2.13. The molecule has 0 amide bonds. The minimum Gasteiger partial charge on any atom is -0.481 e. The minimum atomic E-state index is -0.758. The fourth-order valence-corrected chi connectivity index (χ4v) is 1.46. The maximum atomic E-state index is 10.6. The van der Waals surface area contributed by atoms with Crippen LogP contribution >= 0.6 is 0 Å². The third kappa shape index (κ3) is 6.43. The Balaban J connectivity index is 3.70. The van der Waals surface area contributed by atoms with Gasteiger partial charge in [-0.15, -0.1) is 0 Å². The van der Waals surface area contributed by atoms with Crippen LogP contribution in [-0.2, 0) is 9.59 Å². The average molecular weight is 230 g/mol. The van der Waals surface area contributed by atoms with Crippen LogP contribution in [-0.4, -0.2) is 22.2 Å². The summed E-state index contributed by atoms with van der Waals surface area (Å²) in [5.74, 6) is -1.74. The summed E-state index contributed by atoms with van der Waals surface area (Å²) in [7, 11) is 0. The van der Waals surface area contributed by atoms with Gasteiger partial charge in [0.2, 0.25) is 0 Å². The van der Waals surface area contributed by atoms with Crippen molar-refractivity contribution in [2.24, 2.45) is 17.8 Å². The van der Waals surface area contributed by atoms with E-state index in [0.717, 1.165) is 12.8 Å². The summed E-state index contributed by atoms with van der Waals surface area (Å²) < 4.78 is 0. The molecule has 0 rings (SSSR count). The fourth-order valence-electron chi connectivity index (χ4n) is 1.46. The fraction of sp³-hybridized carbons (Fsp3) is 0.833. The first kappa shape index (κ1) is 14.9. The van der Waals surface area contributed by atoms with Gasteiger partial charge in [0.05, 0.1) is 11.8 Å². The molecular weight excluding hydrogens is 208 g/mol. The Morgan fingerprint density at radius 3 is 1.38 bits per heavy atom. The van der Waals surface area contributed by atoms with Crippen molar-refractivity contribution in [3.8, 4) is 0 Å². The summed E-state index contributed by atoms with van der Waals surface area (Å²) in [6.07, 6.45) is 3.02. The predicted molar refractivity (Wildman–Crippen MR) is 61.2 cm³/mol. The van der Waals surface area contributed by atoms with Gasteiger partial charge in [-0.2, -0.15) is 0 Å². The van der Waals surface area contributed by atoms with E-state index in [0.29, 0.717) is 18.8 Å². The van der Waals surface area contributed by atoms with E-state index in [1.807, 2.05) is 6.92 Å². The summed E-state index contributed by atoms with van der Waals surface area (Å²) in [6, 6.07) is 0. The Kier molecular flexibility index (Phi) is 6.77. The van der Waals surface area contributed by atoms with Crippen molar-refractivity contribution in [2.45, 2.75) is 46.5 Å². The third-order valence-electron chi connectivity index (χ3n) is 3.03. The Labute approximate surface area is 96.7 Å². The lowest BCUT2D eigenvalue weighted by atomic mass is 9.92. The quantitative estimate of drug-likeness (QED) is 0.672. The molecule has 0 saturated heterocycles. The number of aliphatic carboxylic acids is 2. The molecule has 4 heteroatoms. The van der Waals surface area contributed by atoms with Crippen molar-refractivity contribution in [2.75, 3.05) is 0 Å². The Hall–Kier alpha value is -1.06. The molecule has 4 nitrogen and oxygen atoms in total. The molecule has 2 N–H and O–H groups in total. The molecule has 0 aromatic carbocycles. The lowest BCUT2D eigenvalue weighted by molar-refractivity contribution is -0.142. The highest BCUT2D eigenvalue weighted by Gasteiger charge is 2.15. The Bertz CT molecular complexity index is 213. The molecule has 0 bridgehead atoms. The average Bonchev–Trinajstić information content (AvgIpc) is 2.21. The second-order valence-corrected chi connectivity index (χ2v) is 4.74. The molecule has 0 aliphatic rings. The number of carboxylic acid groups (broad SMARTS) is 2. The highest BCUT2D eigenvalue weighted by Crippen LogP contribution is 2.19. The molecule has 0 aromatic rings. The maximum Gasteiger partial charge on any atom is 0.306 e. The van der Waals surface area contributed by atoms with Crippen LogP contribution in [0.5, 0.6) is 0 Å². The van der Waals surface area contributed by atoms with Crippen LogP contribution in [0.4, 0.5) is 0 Å². The molecule has 0 saturated carbocycles. The summed E-state index contributed by atoms with van der Waals surface area (Å²) in [6.45, 7) is 5.45. The van der Waals surface area contributed by atoms with Gasteiger partial charge in [0, 0.05) is 0 Å². The largest absolute Gasteiger partial charge is 0.481 e. The van der Waals surface area contributed by atoms with Crippen LogP contribution in [0.15, 0.2) is 0 Å². The summed E-state index contributed by atoms with van der Waals surface area (Å²) >= 11 is 0. The van der Waals surface area contributed by atoms with Crippen LogP contribution in [0, 0.1) is 17.8 Å². The normalized spacial score (nSPS) is 16.4. The van der Waals surface area contributed by atoms with E-state index in [2.05, 4.69) is 0 Å². The van der Waals surface area contributed by atoms with Gasteiger partial charge in [-0.25, -0.2) is 0 Å². The number of hydrogen-bond acceptors (Lipinski definition) is 2. The van der Waals surface area contributed by atoms with Gasteiger partial charge in [-0.05, 0) is 31.6 Å². The summed E-state index contributed by atoms with van der Waals surface area (Å²) in [4.78, 5) is 21.2. The van der Waals surface area contributed by atoms with Crippen LogP contribution in [0.1, 0.15) is 46.5 Å². The molecular formula is C12H22O4. The minimum absolute atomic E-state index is 0.306. The van der Waals surface area contributed by atoms with E-state index in [1.165, 1.54) is 0 Å². The number of carboxylic acids is 2. The first-order chi connectivity index (χ1) is 7.34. The van der Waals surface area contributed by atoms with E-state index < -0.39 is 11.9 Å². The van der Waals surface area contributed by atoms with Crippen molar-refractivity contribution in [3.05, 3.63) is 0 Å². The molecule has 16 heavy (non-hydrogen) atoms. The molecule has 94 valence electrons. The van der Waals surface area contributed by atoms with Crippen LogP contribution in [0.2, 0.25) is 0 Å². The zero-order valence-corrected chi connectivity index (χ0v) is 10.3. The molecule has 0 aliphatic heterocycles. The van der Waals surface area contributed by atoms with E-state index in [-0.39, 0.29) is 11.8 Å². The molecule has 0 aromatic heterocycles. The van der Waals surface area contributed by atoms with Gasteiger partial charge < -0.3 is 10.2 Å². The Morgan fingerprint density at radius 2 is 1.12 bits per heavy atom. The molecule has 0 heterocycles. The van der Waals surface area contributed by atoms with Gasteiger partial charge in [-0.1, -0.05) is 20.8 Å². The highest BCUT2D eigenvalue weighted by atomic mass is 16.4.